The van der Waals surface area contributed by atoms with Gasteiger partial charge in [-0.2, -0.15) is 10.2 Å². The summed E-state index contributed by atoms with van der Waals surface area (Å²) in [7, 11) is 3.11. The summed E-state index contributed by atoms with van der Waals surface area (Å²) < 4.78 is 21.5. The number of oxazole rings is 1. The van der Waals surface area contributed by atoms with Gasteiger partial charge in [0.2, 0.25) is 17.5 Å². The SMILES string of the molecule is CCOC(=O)N1CCN(c2oc(-c3ccc(OC)c(OC)c3)nc2C#N)CC1. The Labute approximate surface area is 163 Å². The molecule has 9 heteroatoms. The maximum Gasteiger partial charge on any atom is 0.409 e. The highest BCUT2D eigenvalue weighted by Gasteiger charge is 2.27. The minimum atomic E-state index is -0.328. The van der Waals surface area contributed by atoms with Crippen LogP contribution in [0, 0.1) is 11.3 Å². The Hall–Kier alpha value is -3.41. The first-order valence-electron chi connectivity index (χ1n) is 8.91. The predicted molar refractivity (Wildman–Crippen MR) is 101 cm³/mol. The maximum absolute atomic E-state index is 11.8. The topological polar surface area (TPSA) is 101 Å². The lowest BCUT2D eigenvalue weighted by atomic mass is 10.2. The molecular weight excluding hydrogens is 364 g/mol. The third-order valence-corrected chi connectivity index (χ3v) is 4.44. The first-order valence-corrected chi connectivity index (χ1v) is 8.91. The molecule has 0 radical (unpaired) electrons. The number of anilines is 1. The second-order valence-electron chi connectivity index (χ2n) is 6.03. The number of rotatable bonds is 5. The number of hydrogen-bond donors (Lipinski definition) is 0. The zero-order valence-corrected chi connectivity index (χ0v) is 16.1. The van der Waals surface area contributed by atoms with Crippen LogP contribution >= 0.6 is 0 Å². The molecule has 28 heavy (non-hydrogen) atoms. The van der Waals surface area contributed by atoms with Gasteiger partial charge in [-0.1, -0.05) is 0 Å². The van der Waals surface area contributed by atoms with Gasteiger partial charge in [-0.15, -0.1) is 0 Å². The third-order valence-electron chi connectivity index (χ3n) is 4.44. The van der Waals surface area contributed by atoms with Crippen LogP contribution in [0.3, 0.4) is 0 Å². The molecule has 0 bridgehead atoms. The molecule has 9 nitrogen and oxygen atoms in total. The molecule has 1 amide bonds. The monoisotopic (exact) mass is 386 g/mol. The molecule has 1 aromatic heterocycles. The number of nitriles is 1. The first-order chi connectivity index (χ1) is 13.6. The van der Waals surface area contributed by atoms with Crippen molar-refractivity contribution >= 4 is 12.0 Å². The Morgan fingerprint density at radius 3 is 2.54 bits per heavy atom. The van der Waals surface area contributed by atoms with Gasteiger partial charge in [0, 0.05) is 31.7 Å². The molecule has 1 aliphatic heterocycles. The molecule has 2 aromatic rings. The van der Waals surface area contributed by atoms with Crippen LogP contribution < -0.4 is 14.4 Å². The first kappa shape index (κ1) is 19.4. The average molecular weight is 386 g/mol. The van der Waals surface area contributed by atoms with Gasteiger partial charge in [-0.3, -0.25) is 0 Å². The van der Waals surface area contributed by atoms with Crippen LogP contribution in [0.2, 0.25) is 0 Å². The lowest BCUT2D eigenvalue weighted by molar-refractivity contribution is 0.105. The summed E-state index contributed by atoms with van der Waals surface area (Å²) in [6.07, 6.45) is -0.328. The van der Waals surface area contributed by atoms with E-state index in [-0.39, 0.29) is 11.8 Å². The normalized spacial score (nSPS) is 13.8. The number of carbonyl (C=O) groups excluding carboxylic acids is 1. The average Bonchev–Trinajstić information content (AvgIpc) is 3.18. The Morgan fingerprint density at radius 1 is 1.21 bits per heavy atom. The summed E-state index contributed by atoms with van der Waals surface area (Å²) in [6, 6.07) is 7.37. The van der Waals surface area contributed by atoms with Crippen LogP contribution in [0.1, 0.15) is 12.6 Å². The van der Waals surface area contributed by atoms with E-state index in [1.807, 2.05) is 4.90 Å². The van der Waals surface area contributed by atoms with Crippen LogP contribution in [0.5, 0.6) is 11.5 Å². The number of aromatic nitrogens is 1. The van der Waals surface area contributed by atoms with Crippen molar-refractivity contribution in [1.82, 2.24) is 9.88 Å². The highest BCUT2D eigenvalue weighted by molar-refractivity contribution is 5.68. The Balaban J connectivity index is 1.81. The van der Waals surface area contributed by atoms with Crippen molar-refractivity contribution in [1.29, 1.82) is 5.26 Å². The number of nitrogens with zero attached hydrogens (tertiary/aromatic N) is 4. The van der Waals surface area contributed by atoms with Gasteiger partial charge in [0.1, 0.15) is 6.07 Å². The van der Waals surface area contributed by atoms with Crippen LogP contribution in [0.4, 0.5) is 10.7 Å². The largest absolute Gasteiger partial charge is 0.493 e. The van der Waals surface area contributed by atoms with E-state index in [1.165, 1.54) is 0 Å². The van der Waals surface area contributed by atoms with Crippen LogP contribution in [0.15, 0.2) is 22.6 Å². The van der Waals surface area contributed by atoms with Gasteiger partial charge in [-0.25, -0.2) is 4.79 Å². The Kier molecular flexibility index (Phi) is 5.89. The molecule has 0 aliphatic carbocycles. The molecule has 0 spiro atoms. The number of ether oxygens (including phenoxy) is 3. The quantitative estimate of drug-likeness (QED) is 0.773. The second kappa shape index (κ2) is 8.52. The number of benzene rings is 1. The maximum atomic E-state index is 11.8. The molecule has 1 aromatic carbocycles. The third kappa shape index (κ3) is 3.81. The van der Waals surface area contributed by atoms with Crippen molar-refractivity contribution in [2.75, 3.05) is 51.9 Å². The molecule has 3 rings (SSSR count). The Bertz CT molecular complexity index is 881. The molecule has 1 saturated heterocycles. The van der Waals surface area contributed by atoms with E-state index in [0.29, 0.717) is 61.6 Å². The standard InChI is InChI=1S/C19H22N4O5/c1-4-27-19(24)23-9-7-22(8-10-23)18-14(12-20)21-17(28-18)13-5-6-15(25-2)16(11-13)26-3/h5-6,11H,4,7-10H2,1-3H3. The van der Waals surface area contributed by atoms with Gasteiger partial charge in [0.25, 0.3) is 0 Å². The van der Waals surface area contributed by atoms with Gasteiger partial charge in [0.05, 0.1) is 20.8 Å². The Morgan fingerprint density at radius 2 is 1.93 bits per heavy atom. The summed E-state index contributed by atoms with van der Waals surface area (Å²) in [6.45, 7) is 4.13. The van der Waals surface area contributed by atoms with Crippen molar-refractivity contribution < 1.29 is 23.4 Å². The van der Waals surface area contributed by atoms with E-state index in [1.54, 1.807) is 44.2 Å². The van der Waals surface area contributed by atoms with Crippen molar-refractivity contribution in [2.24, 2.45) is 0 Å². The van der Waals surface area contributed by atoms with E-state index in [0.717, 1.165) is 0 Å². The summed E-state index contributed by atoms with van der Waals surface area (Å²) in [5.74, 6) is 1.85. The van der Waals surface area contributed by atoms with Crippen LogP contribution in [0.25, 0.3) is 11.5 Å². The van der Waals surface area contributed by atoms with E-state index < -0.39 is 0 Å². The fourth-order valence-electron chi connectivity index (χ4n) is 3.00. The number of methoxy groups -OCH3 is 2. The summed E-state index contributed by atoms with van der Waals surface area (Å²) in [5.41, 5.74) is 0.875. The van der Waals surface area contributed by atoms with E-state index in [2.05, 4.69) is 11.1 Å². The molecule has 0 unspecified atom stereocenters. The summed E-state index contributed by atoms with van der Waals surface area (Å²) in [4.78, 5) is 19.7. The number of hydrogen-bond acceptors (Lipinski definition) is 8. The van der Waals surface area contributed by atoms with Crippen LogP contribution in [-0.2, 0) is 4.74 Å². The minimum Gasteiger partial charge on any atom is -0.493 e. The van der Waals surface area contributed by atoms with Gasteiger partial charge in [-0.05, 0) is 25.1 Å². The number of amides is 1. The molecule has 0 atom stereocenters. The molecule has 0 saturated carbocycles. The van der Waals surface area contributed by atoms with E-state index in [4.69, 9.17) is 18.6 Å². The summed E-state index contributed by atoms with van der Waals surface area (Å²) >= 11 is 0. The zero-order valence-electron chi connectivity index (χ0n) is 16.1. The van der Waals surface area contributed by atoms with Gasteiger partial charge >= 0.3 is 6.09 Å². The van der Waals surface area contributed by atoms with Crippen molar-refractivity contribution in [3.63, 3.8) is 0 Å². The fourth-order valence-corrected chi connectivity index (χ4v) is 3.00. The zero-order chi connectivity index (χ0) is 20.1. The number of piperazine rings is 1. The van der Waals surface area contributed by atoms with Crippen molar-refractivity contribution in [3.8, 4) is 29.0 Å². The lowest BCUT2D eigenvalue weighted by Gasteiger charge is -2.33. The minimum absolute atomic E-state index is 0.203. The molecular formula is C19H22N4O5. The fraction of sp³-hybridized carbons (Fsp3) is 0.421. The van der Waals surface area contributed by atoms with Crippen molar-refractivity contribution in [2.45, 2.75) is 6.92 Å². The molecule has 1 aliphatic rings. The molecule has 1 fully saturated rings. The molecule has 148 valence electrons. The smallest absolute Gasteiger partial charge is 0.409 e. The second-order valence-corrected chi connectivity index (χ2v) is 6.03. The van der Waals surface area contributed by atoms with Crippen LogP contribution in [-0.4, -0.2) is 63.0 Å². The molecule has 2 heterocycles. The van der Waals surface area contributed by atoms with E-state index in [9.17, 15) is 10.1 Å². The lowest BCUT2D eigenvalue weighted by Crippen LogP contribution is -2.49. The summed E-state index contributed by atoms with van der Waals surface area (Å²) in [5, 5.41) is 9.47. The van der Waals surface area contributed by atoms with E-state index >= 15 is 0 Å². The highest BCUT2D eigenvalue weighted by Crippen LogP contribution is 2.34. The van der Waals surface area contributed by atoms with Crippen molar-refractivity contribution in [3.05, 3.63) is 23.9 Å². The van der Waals surface area contributed by atoms with Gasteiger partial charge in [0.15, 0.2) is 11.5 Å². The number of carbonyl (C=O) groups is 1. The molecule has 0 N–H and O–H groups in total. The van der Waals surface area contributed by atoms with Gasteiger partial charge < -0.3 is 28.4 Å². The predicted octanol–water partition coefficient (Wildman–Crippen LogP) is 2.51. The highest BCUT2D eigenvalue weighted by atomic mass is 16.6.